The van der Waals surface area contributed by atoms with Crippen molar-refractivity contribution in [2.24, 2.45) is 0 Å². The Morgan fingerprint density at radius 2 is 1.90 bits per heavy atom. The van der Waals surface area contributed by atoms with Gasteiger partial charge in [-0.1, -0.05) is 13.8 Å². The van der Waals surface area contributed by atoms with Crippen molar-refractivity contribution in [3.63, 3.8) is 0 Å². The quantitative estimate of drug-likeness (QED) is 0.876. The lowest BCUT2D eigenvalue weighted by Crippen LogP contribution is -2.37. The third-order valence-corrected chi connectivity index (χ3v) is 3.80. The lowest BCUT2D eigenvalue weighted by Gasteiger charge is -2.20. The highest BCUT2D eigenvalue weighted by Gasteiger charge is 2.24. The van der Waals surface area contributed by atoms with Gasteiger partial charge in [0.05, 0.1) is 0 Å². The van der Waals surface area contributed by atoms with Crippen LogP contribution in [0.4, 0.5) is 0 Å². The second kappa shape index (κ2) is 6.11. The van der Waals surface area contributed by atoms with Crippen LogP contribution in [0.1, 0.15) is 42.2 Å². The van der Waals surface area contributed by atoms with Gasteiger partial charge in [0, 0.05) is 38.8 Å². The predicted molar refractivity (Wildman–Crippen MR) is 79.3 cm³/mol. The third-order valence-electron chi connectivity index (χ3n) is 3.80. The molecule has 114 valence electrons. The fraction of sp³-hybridized carbons (Fsp3) is 0.533. The van der Waals surface area contributed by atoms with E-state index in [0.29, 0.717) is 26.1 Å². The van der Waals surface area contributed by atoms with Crippen molar-refractivity contribution in [2.75, 3.05) is 26.7 Å². The molecule has 2 heterocycles. The van der Waals surface area contributed by atoms with Crippen LogP contribution >= 0.6 is 0 Å². The Morgan fingerprint density at radius 3 is 2.52 bits per heavy atom. The Bertz CT molecular complexity index is 606. The second-order valence-corrected chi connectivity index (χ2v) is 5.67. The number of aromatic amines is 1. The summed E-state index contributed by atoms with van der Waals surface area (Å²) in [4.78, 5) is 42.1. The second-order valence-electron chi connectivity index (χ2n) is 5.67. The van der Waals surface area contributed by atoms with Gasteiger partial charge in [0.15, 0.2) is 0 Å². The van der Waals surface area contributed by atoms with Gasteiger partial charge in [-0.3, -0.25) is 14.4 Å². The number of nitrogens with zero attached hydrogens (tertiary/aromatic N) is 2. The zero-order chi connectivity index (χ0) is 15.6. The topological polar surface area (TPSA) is 73.5 Å². The highest BCUT2D eigenvalue weighted by molar-refractivity contribution is 5.94. The molecule has 1 aliphatic heterocycles. The molecule has 0 bridgehead atoms. The summed E-state index contributed by atoms with van der Waals surface area (Å²) in [5, 5.41) is 0. The van der Waals surface area contributed by atoms with Gasteiger partial charge in [0.1, 0.15) is 5.56 Å². The molecule has 2 amide bonds. The Labute approximate surface area is 123 Å². The van der Waals surface area contributed by atoms with Gasteiger partial charge >= 0.3 is 0 Å². The van der Waals surface area contributed by atoms with Crippen molar-refractivity contribution in [1.29, 1.82) is 0 Å². The number of likely N-dealkylation sites (N-methyl/N-ethyl adjacent to an activating group) is 1. The van der Waals surface area contributed by atoms with Gasteiger partial charge in [-0.05, 0) is 18.1 Å². The monoisotopic (exact) mass is 291 g/mol. The van der Waals surface area contributed by atoms with Crippen molar-refractivity contribution >= 4 is 11.8 Å². The van der Waals surface area contributed by atoms with Gasteiger partial charge in [0.25, 0.3) is 11.5 Å². The molecule has 0 radical (unpaired) electrons. The number of H-pyrrole nitrogens is 1. The van der Waals surface area contributed by atoms with Crippen LogP contribution in [0, 0.1) is 0 Å². The highest BCUT2D eigenvalue weighted by atomic mass is 16.2. The first kappa shape index (κ1) is 15.3. The smallest absolute Gasteiger partial charge is 0.261 e. The van der Waals surface area contributed by atoms with Crippen molar-refractivity contribution < 1.29 is 9.59 Å². The fourth-order valence-electron chi connectivity index (χ4n) is 2.30. The zero-order valence-electron chi connectivity index (χ0n) is 12.7. The molecule has 1 saturated heterocycles. The van der Waals surface area contributed by atoms with Crippen LogP contribution < -0.4 is 5.56 Å². The number of aromatic nitrogens is 1. The average Bonchev–Trinajstić information content (AvgIpc) is 2.61. The average molecular weight is 291 g/mol. The van der Waals surface area contributed by atoms with Crippen LogP contribution in [-0.2, 0) is 4.79 Å². The summed E-state index contributed by atoms with van der Waals surface area (Å²) in [6.45, 7) is 5.25. The van der Waals surface area contributed by atoms with E-state index in [4.69, 9.17) is 0 Å². The van der Waals surface area contributed by atoms with E-state index in [1.165, 1.54) is 0 Å². The summed E-state index contributed by atoms with van der Waals surface area (Å²) >= 11 is 0. The van der Waals surface area contributed by atoms with E-state index in [0.717, 1.165) is 5.69 Å². The van der Waals surface area contributed by atoms with Crippen LogP contribution in [0.2, 0.25) is 0 Å². The standard InChI is InChI=1S/C15H21N3O3/c1-10(2)12-5-4-11(14(20)16-12)15(21)18-7-6-13(19)17(3)8-9-18/h4-5,10H,6-9H2,1-3H3,(H,16,20). The Balaban J connectivity index is 2.20. The predicted octanol–water partition coefficient (Wildman–Crippen LogP) is 0.803. The first-order valence-corrected chi connectivity index (χ1v) is 7.16. The molecular weight excluding hydrogens is 270 g/mol. The summed E-state index contributed by atoms with van der Waals surface area (Å²) in [5.41, 5.74) is 0.578. The molecule has 21 heavy (non-hydrogen) atoms. The summed E-state index contributed by atoms with van der Waals surface area (Å²) in [7, 11) is 1.72. The summed E-state index contributed by atoms with van der Waals surface area (Å²) in [6.07, 6.45) is 0.296. The van der Waals surface area contributed by atoms with Gasteiger partial charge in [0.2, 0.25) is 5.91 Å². The molecule has 0 aliphatic carbocycles. The number of amides is 2. The van der Waals surface area contributed by atoms with Crippen LogP contribution in [0.5, 0.6) is 0 Å². The van der Waals surface area contributed by atoms with E-state index in [1.54, 1.807) is 29.0 Å². The molecule has 0 spiro atoms. The van der Waals surface area contributed by atoms with E-state index in [1.807, 2.05) is 13.8 Å². The maximum absolute atomic E-state index is 12.4. The minimum absolute atomic E-state index is 0.0226. The summed E-state index contributed by atoms with van der Waals surface area (Å²) < 4.78 is 0. The molecular formula is C15H21N3O3. The maximum Gasteiger partial charge on any atom is 0.261 e. The maximum atomic E-state index is 12.4. The molecule has 1 N–H and O–H groups in total. The van der Waals surface area contributed by atoms with Crippen LogP contribution in [0.3, 0.4) is 0 Å². The van der Waals surface area contributed by atoms with Crippen LogP contribution in [0.15, 0.2) is 16.9 Å². The molecule has 0 atom stereocenters. The number of hydrogen-bond donors (Lipinski definition) is 1. The number of pyridine rings is 1. The first-order chi connectivity index (χ1) is 9.90. The van der Waals surface area contributed by atoms with Crippen LogP contribution in [-0.4, -0.2) is 53.3 Å². The van der Waals surface area contributed by atoms with E-state index >= 15 is 0 Å². The molecule has 0 unspecified atom stereocenters. The summed E-state index contributed by atoms with van der Waals surface area (Å²) in [5.74, 6) is -0.0877. The van der Waals surface area contributed by atoms with Gasteiger partial charge < -0.3 is 14.8 Å². The van der Waals surface area contributed by atoms with Gasteiger partial charge in [-0.15, -0.1) is 0 Å². The van der Waals surface area contributed by atoms with Crippen molar-refractivity contribution in [2.45, 2.75) is 26.2 Å². The van der Waals surface area contributed by atoms with Crippen molar-refractivity contribution in [3.05, 3.63) is 33.7 Å². The van der Waals surface area contributed by atoms with E-state index in [-0.39, 0.29) is 28.9 Å². The number of carbonyl (C=O) groups is 2. The Morgan fingerprint density at radius 1 is 1.19 bits per heavy atom. The van der Waals surface area contributed by atoms with E-state index in [9.17, 15) is 14.4 Å². The molecule has 6 heteroatoms. The fourth-order valence-corrected chi connectivity index (χ4v) is 2.30. The van der Waals surface area contributed by atoms with Crippen LogP contribution in [0.25, 0.3) is 0 Å². The molecule has 0 saturated carbocycles. The van der Waals surface area contributed by atoms with E-state index < -0.39 is 0 Å². The molecule has 6 nitrogen and oxygen atoms in total. The normalized spacial score (nSPS) is 16.3. The van der Waals surface area contributed by atoms with Gasteiger partial charge in [-0.25, -0.2) is 0 Å². The van der Waals surface area contributed by atoms with E-state index in [2.05, 4.69) is 4.98 Å². The molecule has 0 aromatic carbocycles. The number of nitrogens with one attached hydrogen (secondary N) is 1. The Kier molecular flexibility index (Phi) is 4.45. The molecule has 2 rings (SSSR count). The SMILES string of the molecule is CC(C)c1ccc(C(=O)N2CCC(=O)N(C)CC2)c(=O)[nH]1. The number of hydrogen-bond acceptors (Lipinski definition) is 3. The summed E-state index contributed by atoms with van der Waals surface area (Å²) in [6, 6.07) is 3.35. The highest BCUT2D eigenvalue weighted by Crippen LogP contribution is 2.11. The Hall–Kier alpha value is -2.11. The zero-order valence-corrected chi connectivity index (χ0v) is 12.7. The molecule has 1 aromatic heterocycles. The van der Waals surface area contributed by atoms with Crippen molar-refractivity contribution in [1.82, 2.24) is 14.8 Å². The molecule has 1 aromatic rings. The first-order valence-electron chi connectivity index (χ1n) is 7.16. The van der Waals surface area contributed by atoms with Crippen molar-refractivity contribution in [3.8, 4) is 0 Å². The number of rotatable bonds is 2. The molecule has 1 aliphatic rings. The minimum atomic E-state index is -0.366. The molecule has 1 fully saturated rings. The van der Waals surface area contributed by atoms with Gasteiger partial charge in [-0.2, -0.15) is 0 Å². The minimum Gasteiger partial charge on any atom is -0.344 e. The lowest BCUT2D eigenvalue weighted by molar-refractivity contribution is -0.129. The largest absolute Gasteiger partial charge is 0.344 e. The number of carbonyl (C=O) groups excluding carboxylic acids is 2. The third kappa shape index (κ3) is 3.32. The lowest BCUT2D eigenvalue weighted by atomic mass is 10.1.